The van der Waals surface area contributed by atoms with E-state index >= 15 is 0 Å². The van der Waals surface area contributed by atoms with Gasteiger partial charge in [-0.25, -0.2) is 0 Å². The molecule has 1 rings (SSSR count). The average molecular weight is 364 g/mol. The minimum Gasteiger partial charge on any atom is -0.493 e. The minimum absolute atomic E-state index is 0.133. The Morgan fingerprint density at radius 3 is 2.00 bits per heavy atom. The maximum Gasteiger partial charge on any atom is 0.244 e. The molecule has 146 valence electrons. The molecule has 1 aromatic carbocycles. The second kappa shape index (κ2) is 10.7. The smallest absolute Gasteiger partial charge is 0.244 e. The van der Waals surface area contributed by atoms with E-state index in [0.29, 0.717) is 35.9 Å². The molecule has 0 bridgehead atoms. The number of amides is 1. The molecule has 0 unspecified atom stereocenters. The molecule has 0 heterocycles. The molecule has 0 saturated carbocycles. The zero-order valence-corrected chi connectivity index (χ0v) is 17.0. The van der Waals surface area contributed by atoms with E-state index in [9.17, 15) is 4.79 Å². The topological polar surface area (TPSA) is 60.0 Å². The first kappa shape index (κ1) is 21.8. The normalized spacial score (nSPS) is 11.5. The number of nitrogens with zero attached hydrogens (tertiary/aromatic N) is 1. The standard InChI is InChI=1S/C20H32N2O4/c1-14(2)22(15(3)4)11-10-21-19(23)9-8-16-12-17(24-5)20(26-7)18(13-16)25-6/h8-9,12-15H,10-11H2,1-7H3,(H,21,23)/b9-8+. The number of rotatable bonds is 10. The Morgan fingerprint density at radius 1 is 1.04 bits per heavy atom. The predicted molar refractivity (Wildman–Crippen MR) is 105 cm³/mol. The van der Waals surface area contributed by atoms with Crippen LogP contribution in [-0.4, -0.2) is 57.3 Å². The van der Waals surface area contributed by atoms with Crippen molar-refractivity contribution in [3.05, 3.63) is 23.8 Å². The number of methoxy groups -OCH3 is 3. The molecule has 6 heteroatoms. The fourth-order valence-corrected chi connectivity index (χ4v) is 2.85. The Bertz CT molecular complexity index is 579. The highest BCUT2D eigenvalue weighted by atomic mass is 16.5. The summed E-state index contributed by atoms with van der Waals surface area (Å²) < 4.78 is 15.9. The summed E-state index contributed by atoms with van der Waals surface area (Å²) in [6, 6.07) is 4.48. The van der Waals surface area contributed by atoms with Gasteiger partial charge in [-0.2, -0.15) is 0 Å². The summed E-state index contributed by atoms with van der Waals surface area (Å²) in [5, 5.41) is 2.92. The van der Waals surface area contributed by atoms with Crippen LogP contribution >= 0.6 is 0 Å². The van der Waals surface area contributed by atoms with Crippen molar-refractivity contribution in [1.29, 1.82) is 0 Å². The lowest BCUT2D eigenvalue weighted by atomic mass is 10.1. The van der Waals surface area contributed by atoms with Gasteiger partial charge in [-0.15, -0.1) is 0 Å². The van der Waals surface area contributed by atoms with Gasteiger partial charge in [0.1, 0.15) is 0 Å². The van der Waals surface area contributed by atoms with Gasteiger partial charge in [0, 0.05) is 31.2 Å². The van der Waals surface area contributed by atoms with E-state index in [4.69, 9.17) is 14.2 Å². The number of nitrogens with one attached hydrogen (secondary N) is 1. The van der Waals surface area contributed by atoms with Crippen LogP contribution in [0.2, 0.25) is 0 Å². The van der Waals surface area contributed by atoms with E-state index in [0.717, 1.165) is 12.1 Å². The van der Waals surface area contributed by atoms with E-state index in [1.807, 2.05) is 0 Å². The highest BCUT2D eigenvalue weighted by molar-refractivity contribution is 5.91. The first-order valence-electron chi connectivity index (χ1n) is 8.85. The Kier molecular flexibility index (Phi) is 8.99. The summed E-state index contributed by atoms with van der Waals surface area (Å²) in [5.41, 5.74) is 0.792. The average Bonchev–Trinajstić information content (AvgIpc) is 2.61. The quantitative estimate of drug-likeness (QED) is 0.647. The van der Waals surface area contributed by atoms with E-state index in [1.165, 1.54) is 6.08 Å². The molecule has 1 aromatic rings. The summed E-state index contributed by atoms with van der Waals surface area (Å²) in [6.07, 6.45) is 3.23. The Labute approximate surface area is 157 Å². The largest absolute Gasteiger partial charge is 0.493 e. The minimum atomic E-state index is -0.133. The second-order valence-electron chi connectivity index (χ2n) is 6.51. The highest BCUT2D eigenvalue weighted by Gasteiger charge is 2.13. The monoisotopic (exact) mass is 364 g/mol. The fraction of sp³-hybridized carbons (Fsp3) is 0.550. The Morgan fingerprint density at radius 2 is 1.58 bits per heavy atom. The molecule has 0 aromatic heterocycles. The van der Waals surface area contributed by atoms with Gasteiger partial charge >= 0.3 is 0 Å². The van der Waals surface area contributed by atoms with E-state index in [-0.39, 0.29) is 5.91 Å². The molecule has 6 nitrogen and oxygen atoms in total. The first-order chi connectivity index (χ1) is 12.3. The third kappa shape index (κ3) is 6.26. The summed E-state index contributed by atoms with van der Waals surface area (Å²) in [5.74, 6) is 1.50. The Balaban J connectivity index is 2.71. The van der Waals surface area contributed by atoms with Crippen LogP contribution in [0.15, 0.2) is 18.2 Å². The zero-order chi connectivity index (χ0) is 19.7. The van der Waals surface area contributed by atoms with Gasteiger partial charge in [-0.3, -0.25) is 9.69 Å². The van der Waals surface area contributed by atoms with Crippen LogP contribution in [0.1, 0.15) is 33.3 Å². The molecule has 1 amide bonds. The maximum absolute atomic E-state index is 12.1. The van der Waals surface area contributed by atoms with Crippen molar-refractivity contribution < 1.29 is 19.0 Å². The Hall–Kier alpha value is -2.21. The van der Waals surface area contributed by atoms with Gasteiger partial charge in [0.15, 0.2) is 11.5 Å². The van der Waals surface area contributed by atoms with Crippen molar-refractivity contribution in [3.8, 4) is 17.2 Å². The van der Waals surface area contributed by atoms with Crippen molar-refractivity contribution >= 4 is 12.0 Å². The van der Waals surface area contributed by atoms with Gasteiger partial charge in [-0.1, -0.05) is 0 Å². The third-order valence-corrected chi connectivity index (χ3v) is 4.11. The summed E-state index contributed by atoms with van der Waals surface area (Å²) >= 11 is 0. The van der Waals surface area contributed by atoms with Crippen LogP contribution in [0.3, 0.4) is 0 Å². The van der Waals surface area contributed by atoms with Gasteiger partial charge in [-0.05, 0) is 51.5 Å². The van der Waals surface area contributed by atoms with Crippen molar-refractivity contribution in [3.63, 3.8) is 0 Å². The number of hydrogen-bond donors (Lipinski definition) is 1. The molecule has 0 fully saturated rings. The fourth-order valence-electron chi connectivity index (χ4n) is 2.85. The van der Waals surface area contributed by atoms with Crippen LogP contribution in [0.25, 0.3) is 6.08 Å². The summed E-state index contributed by atoms with van der Waals surface area (Å²) in [4.78, 5) is 14.4. The number of benzene rings is 1. The lowest BCUT2D eigenvalue weighted by Crippen LogP contribution is -2.42. The van der Waals surface area contributed by atoms with Crippen LogP contribution in [0.5, 0.6) is 17.2 Å². The molecule has 0 atom stereocenters. The lowest BCUT2D eigenvalue weighted by Gasteiger charge is -2.30. The predicted octanol–water partition coefficient (Wildman–Crippen LogP) is 2.96. The molecule has 0 saturated heterocycles. The molecule has 1 N–H and O–H groups in total. The van der Waals surface area contributed by atoms with Gasteiger partial charge in [0.25, 0.3) is 0 Å². The zero-order valence-electron chi connectivity index (χ0n) is 17.0. The number of ether oxygens (including phenoxy) is 3. The number of carbonyl (C=O) groups excluding carboxylic acids is 1. The first-order valence-corrected chi connectivity index (χ1v) is 8.85. The second-order valence-corrected chi connectivity index (χ2v) is 6.51. The van der Waals surface area contributed by atoms with Crippen molar-refractivity contribution in [2.24, 2.45) is 0 Å². The third-order valence-electron chi connectivity index (χ3n) is 4.11. The number of hydrogen-bond acceptors (Lipinski definition) is 5. The molecule has 0 aliphatic rings. The number of carbonyl (C=O) groups is 1. The molecule has 0 aliphatic heterocycles. The van der Waals surface area contributed by atoms with Crippen molar-refractivity contribution in [2.45, 2.75) is 39.8 Å². The maximum atomic E-state index is 12.1. The van der Waals surface area contributed by atoms with Gasteiger partial charge < -0.3 is 19.5 Å². The van der Waals surface area contributed by atoms with E-state index in [2.05, 4.69) is 37.9 Å². The molecule has 0 radical (unpaired) electrons. The van der Waals surface area contributed by atoms with Crippen LogP contribution in [-0.2, 0) is 4.79 Å². The lowest BCUT2D eigenvalue weighted by molar-refractivity contribution is -0.116. The molecular weight excluding hydrogens is 332 g/mol. The van der Waals surface area contributed by atoms with Crippen LogP contribution < -0.4 is 19.5 Å². The molecule has 0 aliphatic carbocycles. The van der Waals surface area contributed by atoms with Crippen molar-refractivity contribution in [2.75, 3.05) is 34.4 Å². The van der Waals surface area contributed by atoms with Crippen molar-refractivity contribution in [1.82, 2.24) is 10.2 Å². The molecular formula is C20H32N2O4. The van der Waals surface area contributed by atoms with E-state index < -0.39 is 0 Å². The van der Waals surface area contributed by atoms with Crippen LogP contribution in [0, 0.1) is 0 Å². The van der Waals surface area contributed by atoms with Gasteiger partial charge in [0.2, 0.25) is 11.7 Å². The van der Waals surface area contributed by atoms with E-state index in [1.54, 1.807) is 39.5 Å². The summed E-state index contributed by atoms with van der Waals surface area (Å²) in [6.45, 7) is 10.1. The van der Waals surface area contributed by atoms with Gasteiger partial charge in [0.05, 0.1) is 21.3 Å². The molecule has 26 heavy (non-hydrogen) atoms. The molecule has 0 spiro atoms. The summed E-state index contributed by atoms with van der Waals surface area (Å²) in [7, 11) is 4.68. The van der Waals surface area contributed by atoms with Crippen LogP contribution in [0.4, 0.5) is 0 Å². The SMILES string of the molecule is COc1cc(/C=C/C(=O)NCCN(C(C)C)C(C)C)cc(OC)c1OC. The highest BCUT2D eigenvalue weighted by Crippen LogP contribution is 2.38.